The zero-order chi connectivity index (χ0) is 12.1. The average Bonchev–Trinajstić information content (AvgIpc) is 2.38. The number of carbonyl (C=O) groups is 1. The van der Waals surface area contributed by atoms with Crippen molar-refractivity contribution < 1.29 is 45.6 Å². The third-order valence-corrected chi connectivity index (χ3v) is 2.90. The summed E-state index contributed by atoms with van der Waals surface area (Å²) < 4.78 is 0. The summed E-state index contributed by atoms with van der Waals surface area (Å²) in [4.78, 5) is 11.4. The summed E-state index contributed by atoms with van der Waals surface area (Å²) in [6.45, 7) is 1.65. The van der Waals surface area contributed by atoms with Crippen LogP contribution in [0.5, 0.6) is 0 Å². The van der Waals surface area contributed by atoms with Crippen molar-refractivity contribution in [3.8, 4) is 0 Å². The molecule has 0 saturated heterocycles. The summed E-state index contributed by atoms with van der Waals surface area (Å²) in [7, 11) is 0. The van der Waals surface area contributed by atoms with E-state index in [2.05, 4.69) is 24.3 Å². The van der Waals surface area contributed by atoms with Gasteiger partial charge in [0.05, 0.1) is 0 Å². The third-order valence-electron chi connectivity index (χ3n) is 2.90. The second-order valence-electron chi connectivity index (χ2n) is 4.28. The van der Waals surface area contributed by atoms with Crippen molar-refractivity contribution in [1.82, 2.24) is 0 Å². The molecule has 0 radical (unpaired) electrons. The van der Waals surface area contributed by atoms with E-state index in [-0.39, 0.29) is 52.5 Å². The predicted octanol–water partition coefficient (Wildman–Crippen LogP) is 3.79. The molecule has 0 aliphatic heterocycles. The maximum Gasteiger partial charge on any atom is 0.130 e. The molecule has 0 aliphatic carbocycles. The van der Waals surface area contributed by atoms with Crippen molar-refractivity contribution in [3.63, 3.8) is 0 Å². The Morgan fingerprint density at radius 1 is 0.842 bits per heavy atom. The van der Waals surface area contributed by atoms with Crippen molar-refractivity contribution in [1.29, 1.82) is 0 Å². The average molecular weight is 437 g/mol. The van der Waals surface area contributed by atoms with E-state index < -0.39 is 0 Å². The van der Waals surface area contributed by atoms with Crippen molar-refractivity contribution in [2.75, 3.05) is 0 Å². The van der Waals surface area contributed by atoms with Gasteiger partial charge in [-0.3, -0.25) is 4.79 Å². The van der Waals surface area contributed by atoms with Gasteiger partial charge in [0.15, 0.2) is 0 Å². The number of hydrogen-bond acceptors (Lipinski definition) is 1. The predicted molar refractivity (Wildman–Crippen MR) is 70.0 cm³/mol. The van der Waals surface area contributed by atoms with Crippen LogP contribution in [0.1, 0.15) is 30.4 Å². The molecule has 2 aromatic carbocycles. The van der Waals surface area contributed by atoms with Gasteiger partial charge in [0.25, 0.3) is 0 Å². The summed E-state index contributed by atoms with van der Waals surface area (Å²) in [5, 5.41) is 0. The minimum Gasteiger partial charge on any atom is -0.300 e. The topological polar surface area (TPSA) is 17.1 Å². The van der Waals surface area contributed by atoms with E-state index in [1.54, 1.807) is 6.92 Å². The monoisotopic (exact) mass is 436 g/mol. The molecule has 0 bridgehead atoms. The van der Waals surface area contributed by atoms with Crippen LogP contribution in [0.2, 0.25) is 0 Å². The Morgan fingerprint density at radius 2 is 1.21 bits per heavy atom. The van der Waals surface area contributed by atoms with Crippen LogP contribution in [0.4, 0.5) is 0 Å². The van der Waals surface area contributed by atoms with Gasteiger partial charge in [0, 0.05) is 53.2 Å². The van der Waals surface area contributed by atoms with Crippen LogP contribution in [-0.2, 0) is 45.6 Å². The van der Waals surface area contributed by atoms with Gasteiger partial charge in [-0.25, -0.2) is 0 Å². The first-order valence-electron chi connectivity index (χ1n) is 5.86. The second-order valence-corrected chi connectivity index (χ2v) is 4.28. The van der Waals surface area contributed by atoms with Crippen LogP contribution in [0, 0.1) is 0 Å². The largest absolute Gasteiger partial charge is 0.300 e. The first-order valence-corrected chi connectivity index (χ1v) is 5.86. The Kier molecular flexibility index (Phi) is 9.08. The second kappa shape index (κ2) is 9.36. The first-order chi connectivity index (χ1) is 8.27. The number of hydrogen-bond donors (Lipinski definition) is 0. The molecule has 0 heterocycles. The Labute approximate surface area is 142 Å². The van der Waals surface area contributed by atoms with Crippen molar-refractivity contribution in [3.05, 3.63) is 71.8 Å². The zero-order valence-electron chi connectivity index (χ0n) is 10.6. The minimum atomic E-state index is 0. The smallest absolute Gasteiger partial charge is 0.130 e. The van der Waals surface area contributed by atoms with E-state index in [1.165, 1.54) is 11.1 Å². The van der Waals surface area contributed by atoms with E-state index in [0.29, 0.717) is 6.42 Å². The summed E-state index contributed by atoms with van der Waals surface area (Å²) in [5.74, 6) is 0.401. The Hall–Kier alpha value is -0.565. The molecule has 0 amide bonds. The summed E-state index contributed by atoms with van der Waals surface area (Å²) in [6, 6.07) is 20.4. The molecule has 0 atom stereocenters. The van der Waals surface area contributed by atoms with Crippen molar-refractivity contribution in [2.45, 2.75) is 19.3 Å². The van der Waals surface area contributed by atoms with Crippen LogP contribution < -0.4 is 0 Å². The molecule has 0 aliphatic rings. The number of ketones is 1. The molecule has 106 valence electrons. The van der Waals surface area contributed by atoms with Crippen LogP contribution >= 0.6 is 0 Å². The van der Waals surface area contributed by atoms with E-state index in [1.807, 2.05) is 36.4 Å². The molecule has 0 saturated carbocycles. The molecule has 0 spiro atoms. The van der Waals surface area contributed by atoms with Gasteiger partial charge in [0.2, 0.25) is 0 Å². The van der Waals surface area contributed by atoms with Gasteiger partial charge in [-0.05, 0) is 18.1 Å². The van der Waals surface area contributed by atoms with Gasteiger partial charge in [-0.15, -0.1) is 0 Å². The van der Waals surface area contributed by atoms with Crippen LogP contribution in [0.15, 0.2) is 60.7 Å². The van der Waals surface area contributed by atoms with Gasteiger partial charge in [-0.2, -0.15) is 0 Å². The molecule has 3 heteroatoms. The summed E-state index contributed by atoms with van der Waals surface area (Å²) in [5.41, 5.74) is 2.41. The third kappa shape index (κ3) is 5.52. The van der Waals surface area contributed by atoms with Crippen LogP contribution in [0.25, 0.3) is 0 Å². The van der Waals surface area contributed by atoms with Crippen molar-refractivity contribution in [2.24, 2.45) is 0 Å². The molecule has 0 N–H and O–H groups in total. The number of carbonyl (C=O) groups excluding carboxylic acids is 1. The van der Waals surface area contributed by atoms with E-state index >= 15 is 0 Å². The van der Waals surface area contributed by atoms with Gasteiger partial charge in [0.1, 0.15) is 5.78 Å². The SMILES string of the molecule is CC(=O)CC(c1ccccc1)c1ccccc1.[Pd].[Pd]. The van der Waals surface area contributed by atoms with E-state index in [0.717, 1.165) is 0 Å². The van der Waals surface area contributed by atoms with Gasteiger partial charge in [-0.1, -0.05) is 60.7 Å². The molecular formula is C16H16OPd2. The minimum absolute atomic E-state index is 0. The molecule has 19 heavy (non-hydrogen) atoms. The Bertz CT molecular complexity index is 443. The zero-order valence-corrected chi connectivity index (χ0v) is 13.7. The fourth-order valence-corrected chi connectivity index (χ4v) is 2.09. The number of benzene rings is 2. The van der Waals surface area contributed by atoms with Gasteiger partial charge < -0.3 is 0 Å². The molecule has 0 unspecified atom stereocenters. The molecule has 0 aromatic heterocycles. The van der Waals surface area contributed by atoms with Crippen LogP contribution in [0.3, 0.4) is 0 Å². The quantitative estimate of drug-likeness (QED) is 0.666. The Balaban J connectivity index is 0.00000162. The fraction of sp³-hybridized carbons (Fsp3) is 0.188. The molecular weight excluding hydrogens is 421 g/mol. The fourth-order valence-electron chi connectivity index (χ4n) is 2.09. The number of Topliss-reactive ketones (excluding diaryl/α,β-unsaturated/α-hetero) is 1. The standard InChI is InChI=1S/C16H16O.2Pd/c1-13(17)12-16(14-8-4-2-5-9-14)15-10-6-3-7-11-15;;/h2-11,16H,12H2,1H3;;. The van der Waals surface area contributed by atoms with E-state index in [4.69, 9.17) is 0 Å². The molecule has 0 fully saturated rings. The Morgan fingerprint density at radius 3 is 1.53 bits per heavy atom. The van der Waals surface area contributed by atoms with Gasteiger partial charge >= 0.3 is 0 Å². The maximum absolute atomic E-state index is 11.4. The molecule has 2 rings (SSSR count). The normalized spacial score (nSPS) is 9.37. The van der Waals surface area contributed by atoms with Crippen LogP contribution in [-0.4, -0.2) is 5.78 Å². The number of rotatable bonds is 4. The van der Waals surface area contributed by atoms with E-state index in [9.17, 15) is 4.79 Å². The summed E-state index contributed by atoms with van der Waals surface area (Å²) in [6.07, 6.45) is 0.564. The molecule has 1 nitrogen and oxygen atoms in total. The van der Waals surface area contributed by atoms with Crippen molar-refractivity contribution >= 4 is 5.78 Å². The first kappa shape index (κ1) is 18.4. The summed E-state index contributed by atoms with van der Waals surface area (Å²) >= 11 is 0. The molecule has 2 aromatic rings. The maximum atomic E-state index is 11.4.